The maximum Gasteiger partial charge on any atom is 0.336 e. The van der Waals surface area contributed by atoms with Crippen molar-refractivity contribution in [3.05, 3.63) is 136 Å². The molecule has 0 aliphatic rings. The number of hydrogen-bond donors (Lipinski definition) is 2. The summed E-state index contributed by atoms with van der Waals surface area (Å²) in [6.07, 6.45) is 2.38. The van der Waals surface area contributed by atoms with Gasteiger partial charge in [-0.2, -0.15) is 0 Å². The van der Waals surface area contributed by atoms with Crippen molar-refractivity contribution >= 4 is 44.6 Å². The zero-order valence-electron chi connectivity index (χ0n) is 20.5. The number of halogens is 1. The fourth-order valence-electron chi connectivity index (χ4n) is 4.20. The summed E-state index contributed by atoms with van der Waals surface area (Å²) in [4.78, 5) is 34.3. The Balaban J connectivity index is 0.000000206. The molecule has 1 aromatic heterocycles. The van der Waals surface area contributed by atoms with Crippen molar-refractivity contribution in [3.63, 3.8) is 0 Å². The molecule has 38 heavy (non-hydrogen) atoms. The van der Waals surface area contributed by atoms with E-state index >= 15 is 0 Å². The molecule has 4 aromatic carbocycles. The lowest BCUT2D eigenvalue weighted by atomic mass is 10.0. The van der Waals surface area contributed by atoms with Gasteiger partial charge in [0.15, 0.2) is 5.78 Å². The number of carboxylic acid groups (broad SMARTS) is 2. The van der Waals surface area contributed by atoms with Crippen LogP contribution in [0.1, 0.15) is 42.2 Å². The second-order valence-electron chi connectivity index (χ2n) is 8.59. The van der Waals surface area contributed by atoms with E-state index in [0.29, 0.717) is 10.9 Å². The first kappa shape index (κ1) is 26.6. The van der Waals surface area contributed by atoms with Crippen LogP contribution in [0.25, 0.3) is 16.6 Å². The Morgan fingerprint density at radius 1 is 0.737 bits per heavy atom. The molecule has 0 saturated heterocycles. The van der Waals surface area contributed by atoms with Crippen LogP contribution in [0.5, 0.6) is 0 Å². The van der Waals surface area contributed by atoms with Gasteiger partial charge in [-0.25, -0.2) is 9.59 Å². The average Bonchev–Trinajstić information content (AvgIpc) is 3.31. The number of carbonyl (C=O) groups excluding carboxylic acids is 1. The van der Waals surface area contributed by atoms with Gasteiger partial charge in [0.1, 0.15) is 0 Å². The average molecular weight is 570 g/mol. The van der Waals surface area contributed by atoms with Crippen molar-refractivity contribution < 1.29 is 24.6 Å². The molecular formula is C31H24BrNO5. The zero-order valence-corrected chi connectivity index (χ0v) is 22.1. The van der Waals surface area contributed by atoms with Crippen LogP contribution in [0.15, 0.2) is 108 Å². The lowest BCUT2D eigenvalue weighted by Crippen LogP contribution is -2.07. The van der Waals surface area contributed by atoms with Gasteiger partial charge in [-0.05, 0) is 48.4 Å². The molecule has 5 aromatic rings. The lowest BCUT2D eigenvalue weighted by molar-refractivity contribution is 0.0695. The number of carbonyl (C=O) groups is 3. The van der Waals surface area contributed by atoms with E-state index in [0.717, 1.165) is 27.7 Å². The molecule has 0 radical (unpaired) electrons. The Labute approximate surface area is 227 Å². The molecule has 0 amide bonds. The van der Waals surface area contributed by atoms with Crippen LogP contribution in [0, 0.1) is 6.92 Å². The number of rotatable bonds is 6. The number of fused-ring (bicyclic) bond motifs is 1. The maximum atomic E-state index is 12.9. The van der Waals surface area contributed by atoms with Crippen LogP contribution in [-0.4, -0.2) is 32.5 Å². The van der Waals surface area contributed by atoms with Crippen LogP contribution in [0.4, 0.5) is 0 Å². The highest BCUT2D eigenvalue weighted by Gasteiger charge is 2.17. The molecule has 0 unspecified atom stereocenters. The maximum absolute atomic E-state index is 12.9. The fourth-order valence-corrected chi connectivity index (χ4v) is 4.66. The number of Topliss-reactive ketones (excluding diaryl/α,β-unsaturated/α-hetero) is 1. The van der Waals surface area contributed by atoms with E-state index in [1.807, 2.05) is 72.9 Å². The Kier molecular flexibility index (Phi) is 8.19. The van der Waals surface area contributed by atoms with Gasteiger partial charge >= 0.3 is 11.9 Å². The molecule has 0 aliphatic heterocycles. The molecule has 2 N–H and O–H groups in total. The van der Waals surface area contributed by atoms with Gasteiger partial charge < -0.3 is 14.8 Å². The number of benzene rings is 4. The van der Waals surface area contributed by atoms with Crippen molar-refractivity contribution in [1.29, 1.82) is 0 Å². The molecule has 6 nitrogen and oxygen atoms in total. The lowest BCUT2D eigenvalue weighted by Gasteiger charge is -2.05. The standard InChI is InChI=1S/C22H17NO.C9H7BrO4/c24-22(15-17-9-3-1-4-10-17)20-16-23(18-11-5-2-6-12-18)21-14-8-7-13-19(20)21;1-4-6(8(11)12)2-5(10)3-7(4)9(13)14/h1-14,16H,15H2;2-3H,1H3,(H,11,12)(H,13,14). The zero-order chi connectivity index (χ0) is 27.2. The molecule has 0 bridgehead atoms. The molecule has 1 heterocycles. The first-order chi connectivity index (χ1) is 18.3. The largest absolute Gasteiger partial charge is 0.478 e. The van der Waals surface area contributed by atoms with Crippen molar-refractivity contribution in [1.82, 2.24) is 4.57 Å². The van der Waals surface area contributed by atoms with E-state index in [4.69, 9.17) is 10.2 Å². The Bertz CT molecular complexity index is 1590. The molecule has 0 saturated carbocycles. The summed E-state index contributed by atoms with van der Waals surface area (Å²) in [5, 5.41) is 18.6. The first-order valence-corrected chi connectivity index (χ1v) is 12.5. The highest BCUT2D eigenvalue weighted by molar-refractivity contribution is 9.10. The Hall–Kier alpha value is -4.49. The number of para-hydroxylation sites is 2. The SMILES string of the molecule is Cc1c(C(=O)O)cc(Br)cc1C(=O)O.O=C(Cc1ccccc1)c1cn(-c2ccccc2)c2ccccc12. The van der Waals surface area contributed by atoms with Crippen LogP contribution >= 0.6 is 15.9 Å². The third-order valence-electron chi connectivity index (χ3n) is 6.09. The smallest absolute Gasteiger partial charge is 0.336 e. The third kappa shape index (κ3) is 5.90. The monoisotopic (exact) mass is 569 g/mol. The minimum atomic E-state index is -1.13. The van der Waals surface area contributed by atoms with Crippen molar-refractivity contribution in [3.8, 4) is 5.69 Å². The van der Waals surface area contributed by atoms with Gasteiger partial charge in [-0.3, -0.25) is 4.79 Å². The van der Waals surface area contributed by atoms with Gasteiger partial charge in [0.2, 0.25) is 0 Å². The number of aromatic nitrogens is 1. The summed E-state index contributed by atoms with van der Waals surface area (Å²) < 4.78 is 2.53. The number of nitrogens with zero attached hydrogens (tertiary/aromatic N) is 1. The molecule has 0 atom stereocenters. The summed E-state index contributed by atoms with van der Waals surface area (Å²) in [5.74, 6) is -2.12. The fraction of sp³-hybridized carbons (Fsp3) is 0.0645. The van der Waals surface area contributed by atoms with E-state index in [-0.39, 0.29) is 22.5 Å². The van der Waals surface area contributed by atoms with Crippen molar-refractivity contribution in [2.24, 2.45) is 0 Å². The second-order valence-corrected chi connectivity index (χ2v) is 9.50. The summed E-state index contributed by atoms with van der Waals surface area (Å²) in [6, 6.07) is 30.8. The van der Waals surface area contributed by atoms with Crippen LogP contribution in [0.2, 0.25) is 0 Å². The predicted octanol–water partition coefficient (Wildman–Crippen LogP) is 7.21. The van der Waals surface area contributed by atoms with E-state index in [1.54, 1.807) is 0 Å². The molecule has 5 rings (SSSR count). The minimum absolute atomic E-state index is 0.00299. The summed E-state index contributed by atoms with van der Waals surface area (Å²) in [5.41, 5.74) is 4.19. The van der Waals surface area contributed by atoms with E-state index < -0.39 is 11.9 Å². The quantitative estimate of drug-likeness (QED) is 0.210. The highest BCUT2D eigenvalue weighted by Crippen LogP contribution is 2.26. The number of hydrogen-bond acceptors (Lipinski definition) is 3. The number of carboxylic acids is 2. The summed E-state index contributed by atoms with van der Waals surface area (Å²) in [7, 11) is 0. The van der Waals surface area contributed by atoms with Crippen molar-refractivity contribution in [2.75, 3.05) is 0 Å². The first-order valence-electron chi connectivity index (χ1n) is 11.8. The normalized spacial score (nSPS) is 10.5. The Morgan fingerprint density at radius 2 is 1.26 bits per heavy atom. The van der Waals surface area contributed by atoms with Crippen LogP contribution in [0.3, 0.4) is 0 Å². The second kappa shape index (κ2) is 11.7. The molecular weight excluding hydrogens is 546 g/mol. The van der Waals surface area contributed by atoms with E-state index in [9.17, 15) is 14.4 Å². The summed E-state index contributed by atoms with van der Waals surface area (Å²) >= 11 is 3.06. The Morgan fingerprint density at radius 3 is 1.84 bits per heavy atom. The van der Waals surface area contributed by atoms with Gasteiger partial charge in [-0.1, -0.05) is 82.7 Å². The van der Waals surface area contributed by atoms with Gasteiger partial charge in [0, 0.05) is 33.7 Å². The van der Waals surface area contributed by atoms with Crippen molar-refractivity contribution in [2.45, 2.75) is 13.3 Å². The minimum Gasteiger partial charge on any atom is -0.478 e. The third-order valence-corrected chi connectivity index (χ3v) is 6.55. The summed E-state index contributed by atoms with van der Waals surface area (Å²) in [6.45, 7) is 1.47. The molecule has 0 aliphatic carbocycles. The van der Waals surface area contributed by atoms with Gasteiger partial charge in [0.05, 0.1) is 16.6 Å². The highest BCUT2D eigenvalue weighted by atomic mass is 79.9. The number of aromatic carboxylic acids is 2. The molecule has 190 valence electrons. The van der Waals surface area contributed by atoms with E-state index in [2.05, 4.69) is 38.7 Å². The molecule has 0 fully saturated rings. The van der Waals surface area contributed by atoms with E-state index in [1.165, 1.54) is 19.1 Å². The molecule has 0 spiro atoms. The predicted molar refractivity (Wildman–Crippen MR) is 151 cm³/mol. The van der Waals surface area contributed by atoms with Crippen LogP contribution < -0.4 is 0 Å². The van der Waals surface area contributed by atoms with Gasteiger partial charge in [-0.15, -0.1) is 0 Å². The van der Waals surface area contributed by atoms with Gasteiger partial charge in [0.25, 0.3) is 0 Å². The number of ketones is 1. The molecule has 7 heteroatoms. The van der Waals surface area contributed by atoms with Crippen LogP contribution in [-0.2, 0) is 6.42 Å². The topological polar surface area (TPSA) is 96.6 Å².